The molecule has 2 N–H and O–H groups in total. The van der Waals surface area contributed by atoms with Crippen molar-refractivity contribution in [2.24, 2.45) is 5.92 Å². The molecule has 1 fully saturated rings. The number of methoxy groups -OCH3 is 1. The molecule has 0 amide bonds. The molecule has 0 aliphatic carbocycles. The summed E-state index contributed by atoms with van der Waals surface area (Å²) in [5, 5.41) is 12.5. The average Bonchev–Trinajstić information content (AvgIpc) is 2.32. The van der Waals surface area contributed by atoms with Crippen LogP contribution in [0.25, 0.3) is 0 Å². The molecule has 0 aromatic rings. The number of aliphatic hydroxyl groups is 1. The van der Waals surface area contributed by atoms with Gasteiger partial charge >= 0.3 is 0 Å². The Balaban J connectivity index is 2.31. The number of nitrogens with one attached hydrogen (secondary N) is 1. The highest BCUT2D eigenvalue weighted by Gasteiger charge is 2.27. The number of aliphatic hydroxyl groups excluding tert-OH is 1. The normalized spacial score (nSPS) is 23.2. The fourth-order valence-corrected chi connectivity index (χ4v) is 2.25. The highest BCUT2D eigenvalue weighted by atomic mass is 16.5. The number of piperidine rings is 1. The summed E-state index contributed by atoms with van der Waals surface area (Å²) >= 11 is 0. The second-order valence-electron chi connectivity index (χ2n) is 5.14. The number of rotatable bonds is 6. The summed E-state index contributed by atoms with van der Waals surface area (Å²) in [4.78, 5) is 2.43. The van der Waals surface area contributed by atoms with Gasteiger partial charge in [0, 0.05) is 20.3 Å². The minimum Gasteiger partial charge on any atom is -0.394 e. The van der Waals surface area contributed by atoms with Crippen LogP contribution in [0.15, 0.2) is 0 Å². The van der Waals surface area contributed by atoms with Gasteiger partial charge in [0.25, 0.3) is 0 Å². The van der Waals surface area contributed by atoms with Crippen molar-refractivity contribution in [3.8, 4) is 0 Å². The molecule has 1 saturated heterocycles. The lowest BCUT2D eigenvalue weighted by Crippen LogP contribution is -2.54. The van der Waals surface area contributed by atoms with E-state index in [4.69, 9.17) is 4.74 Å². The van der Waals surface area contributed by atoms with Crippen molar-refractivity contribution in [3.05, 3.63) is 0 Å². The summed E-state index contributed by atoms with van der Waals surface area (Å²) in [6, 6.07) is 0. The van der Waals surface area contributed by atoms with Crippen LogP contribution in [0.1, 0.15) is 19.8 Å². The lowest BCUT2D eigenvalue weighted by Gasteiger charge is -2.38. The molecule has 4 heteroatoms. The highest BCUT2D eigenvalue weighted by molar-refractivity contribution is 4.86. The number of likely N-dealkylation sites (N-methyl/N-ethyl adjacent to an activating group) is 1. The third-order valence-electron chi connectivity index (χ3n) is 3.63. The van der Waals surface area contributed by atoms with Gasteiger partial charge in [-0.15, -0.1) is 0 Å². The molecule has 4 nitrogen and oxygen atoms in total. The van der Waals surface area contributed by atoms with Crippen molar-refractivity contribution < 1.29 is 9.84 Å². The number of hydrogen-bond acceptors (Lipinski definition) is 4. The molecule has 1 atom stereocenters. The van der Waals surface area contributed by atoms with Crippen LogP contribution < -0.4 is 5.32 Å². The first-order valence-electron chi connectivity index (χ1n) is 6.14. The maximum absolute atomic E-state index is 9.34. The number of hydrogen-bond donors (Lipinski definition) is 2. The summed E-state index contributed by atoms with van der Waals surface area (Å²) < 4.78 is 5.19. The van der Waals surface area contributed by atoms with Crippen LogP contribution in [-0.2, 0) is 4.74 Å². The zero-order chi connectivity index (χ0) is 12.0. The van der Waals surface area contributed by atoms with Gasteiger partial charge < -0.3 is 20.1 Å². The Morgan fingerprint density at radius 1 is 1.44 bits per heavy atom. The van der Waals surface area contributed by atoms with Gasteiger partial charge in [0.2, 0.25) is 0 Å². The van der Waals surface area contributed by atoms with Crippen LogP contribution in [0.2, 0.25) is 0 Å². The molecule has 0 aromatic carbocycles. The average molecular weight is 230 g/mol. The van der Waals surface area contributed by atoms with E-state index in [1.54, 1.807) is 7.11 Å². The van der Waals surface area contributed by atoms with Crippen LogP contribution in [0.3, 0.4) is 0 Å². The van der Waals surface area contributed by atoms with E-state index in [2.05, 4.69) is 17.1 Å². The third-order valence-corrected chi connectivity index (χ3v) is 3.63. The fraction of sp³-hybridized carbons (Fsp3) is 1.00. The SMILES string of the molecule is CNC(C)(CO)CN1CCC(COC)CC1. The van der Waals surface area contributed by atoms with E-state index in [1.165, 1.54) is 12.8 Å². The Morgan fingerprint density at radius 2 is 2.06 bits per heavy atom. The van der Waals surface area contributed by atoms with Crippen LogP contribution in [-0.4, -0.2) is 62.6 Å². The quantitative estimate of drug-likeness (QED) is 0.689. The lowest BCUT2D eigenvalue weighted by molar-refractivity contribution is 0.0726. The van der Waals surface area contributed by atoms with Crippen molar-refractivity contribution >= 4 is 0 Å². The van der Waals surface area contributed by atoms with E-state index in [0.29, 0.717) is 0 Å². The predicted molar refractivity (Wildman–Crippen MR) is 65.6 cm³/mol. The molecular formula is C12H26N2O2. The molecule has 0 bridgehead atoms. The zero-order valence-electron chi connectivity index (χ0n) is 10.8. The summed E-state index contributed by atoms with van der Waals surface area (Å²) in [6.07, 6.45) is 2.41. The maximum Gasteiger partial charge on any atom is 0.0623 e. The molecular weight excluding hydrogens is 204 g/mol. The molecule has 1 heterocycles. The Kier molecular flexibility index (Phi) is 5.69. The van der Waals surface area contributed by atoms with Crippen LogP contribution >= 0.6 is 0 Å². The summed E-state index contributed by atoms with van der Waals surface area (Å²) in [7, 11) is 3.68. The molecule has 96 valence electrons. The van der Waals surface area contributed by atoms with E-state index < -0.39 is 0 Å². The van der Waals surface area contributed by atoms with Gasteiger partial charge in [0.05, 0.1) is 12.1 Å². The van der Waals surface area contributed by atoms with E-state index >= 15 is 0 Å². The van der Waals surface area contributed by atoms with E-state index in [1.807, 2.05) is 7.05 Å². The van der Waals surface area contributed by atoms with Gasteiger partial charge in [0.1, 0.15) is 0 Å². The van der Waals surface area contributed by atoms with Crippen LogP contribution in [0, 0.1) is 5.92 Å². The monoisotopic (exact) mass is 230 g/mol. The molecule has 1 unspecified atom stereocenters. The molecule has 0 aromatic heterocycles. The third kappa shape index (κ3) is 4.01. The van der Waals surface area contributed by atoms with Gasteiger partial charge in [-0.2, -0.15) is 0 Å². The first-order valence-corrected chi connectivity index (χ1v) is 6.14. The summed E-state index contributed by atoms with van der Waals surface area (Å²) in [6.45, 7) is 6.28. The van der Waals surface area contributed by atoms with Gasteiger partial charge in [-0.1, -0.05) is 0 Å². The van der Waals surface area contributed by atoms with Crippen molar-refractivity contribution in [1.82, 2.24) is 10.2 Å². The molecule has 1 aliphatic heterocycles. The number of likely N-dealkylation sites (tertiary alicyclic amines) is 1. The van der Waals surface area contributed by atoms with Crippen LogP contribution in [0.5, 0.6) is 0 Å². The Bertz CT molecular complexity index is 187. The smallest absolute Gasteiger partial charge is 0.0623 e. The molecule has 16 heavy (non-hydrogen) atoms. The van der Waals surface area contributed by atoms with Gasteiger partial charge in [-0.05, 0) is 45.8 Å². The maximum atomic E-state index is 9.34. The largest absolute Gasteiger partial charge is 0.394 e. The van der Waals surface area contributed by atoms with E-state index in [0.717, 1.165) is 32.2 Å². The van der Waals surface area contributed by atoms with Crippen molar-refractivity contribution in [3.63, 3.8) is 0 Å². The Hall–Kier alpha value is -0.160. The minimum absolute atomic E-state index is 0.173. The van der Waals surface area contributed by atoms with E-state index in [-0.39, 0.29) is 12.1 Å². The first-order chi connectivity index (χ1) is 7.63. The number of ether oxygens (including phenoxy) is 1. The van der Waals surface area contributed by atoms with Gasteiger partial charge in [-0.25, -0.2) is 0 Å². The van der Waals surface area contributed by atoms with Crippen molar-refractivity contribution in [1.29, 1.82) is 0 Å². The second kappa shape index (κ2) is 6.55. The minimum atomic E-state index is -0.173. The van der Waals surface area contributed by atoms with E-state index in [9.17, 15) is 5.11 Å². The van der Waals surface area contributed by atoms with Crippen molar-refractivity contribution in [2.45, 2.75) is 25.3 Å². The Morgan fingerprint density at radius 3 is 2.50 bits per heavy atom. The predicted octanol–water partition coefficient (Wildman–Crippen LogP) is 0.315. The summed E-state index contributed by atoms with van der Waals surface area (Å²) in [5.41, 5.74) is -0.173. The molecule has 0 saturated carbocycles. The second-order valence-corrected chi connectivity index (χ2v) is 5.14. The first kappa shape index (κ1) is 13.9. The Labute approximate surface area is 99.0 Å². The molecule has 0 spiro atoms. The molecule has 1 aliphatic rings. The summed E-state index contributed by atoms with van der Waals surface area (Å²) in [5.74, 6) is 0.719. The highest BCUT2D eigenvalue weighted by Crippen LogP contribution is 2.19. The van der Waals surface area contributed by atoms with Gasteiger partial charge in [-0.3, -0.25) is 0 Å². The topological polar surface area (TPSA) is 44.7 Å². The van der Waals surface area contributed by atoms with Crippen LogP contribution in [0.4, 0.5) is 0 Å². The zero-order valence-corrected chi connectivity index (χ0v) is 10.8. The standard InChI is InChI=1S/C12H26N2O2/c1-12(10-15,13-2)9-14-6-4-11(5-7-14)8-16-3/h11,13,15H,4-10H2,1-3H3. The number of nitrogens with zero attached hydrogens (tertiary/aromatic N) is 1. The molecule has 1 rings (SSSR count). The van der Waals surface area contributed by atoms with Gasteiger partial charge in [0.15, 0.2) is 0 Å². The van der Waals surface area contributed by atoms with Crippen molar-refractivity contribution in [2.75, 3.05) is 47.0 Å². The lowest BCUT2D eigenvalue weighted by atomic mass is 9.95. The fourth-order valence-electron chi connectivity index (χ4n) is 2.25. The molecule has 0 radical (unpaired) electrons.